The summed E-state index contributed by atoms with van der Waals surface area (Å²) in [5.74, 6) is -1.91. The van der Waals surface area contributed by atoms with Crippen LogP contribution in [0.2, 0.25) is 0 Å². The maximum absolute atomic E-state index is 16.0. The predicted octanol–water partition coefficient (Wildman–Crippen LogP) is -1.70. The standard InChI is InChI=1S/C24H32FN8O12P/c1-40-8-12-10(15(25)21(44-12)33-9-28-16-19(33)30-23(26)31-20(16)36)6-14(35)27-7-11-17(45-46(38,39)42-3)18(41-2)22(43-11)32-5-4-13(34)29-24(32)37/h4-5,9-12,15,17-18,21-22H,6-8H2,1-3H3,(H,27,35)(H,38,39)(H,29,34,37)(H3,26,30,31,36)/t10-,11-,12-,15-,17-,18-,21-,22-/m1/s1. The fourth-order valence-electron chi connectivity index (χ4n) is 5.49. The van der Waals surface area contributed by atoms with Crippen molar-refractivity contribution in [3.05, 3.63) is 49.8 Å². The van der Waals surface area contributed by atoms with Crippen LogP contribution in [0, 0.1) is 5.92 Å². The topological polar surface area (TPSA) is 266 Å². The van der Waals surface area contributed by atoms with Crippen molar-refractivity contribution in [2.24, 2.45) is 5.92 Å². The highest BCUT2D eigenvalue weighted by molar-refractivity contribution is 7.47. The Hall–Kier alpha value is -3.82. The number of nitrogens with zero attached hydrogens (tertiary/aromatic N) is 4. The van der Waals surface area contributed by atoms with E-state index < -0.39 is 85.9 Å². The third-order valence-electron chi connectivity index (χ3n) is 7.62. The summed E-state index contributed by atoms with van der Waals surface area (Å²) in [5, 5.41) is 2.59. The number of carbonyl (C=O) groups excluding carboxylic acids is 1. The summed E-state index contributed by atoms with van der Waals surface area (Å²) >= 11 is 0. The highest BCUT2D eigenvalue weighted by atomic mass is 31.2. The third-order valence-corrected chi connectivity index (χ3v) is 8.59. The molecule has 20 nitrogen and oxygen atoms in total. The number of nitrogens with two attached hydrogens (primary N) is 1. The molecule has 3 aromatic heterocycles. The SMILES string of the molecule is COC[C@H]1O[C@@H](n2cnc3c(=O)[nH]c(N)nc32)[C@H](F)[C@@H]1CC(=O)NC[C@H]1O[C@@H](n2ccc(=O)[nH]c2=O)[C@H](OC)[C@@H]1OP(=O)(O)OC. The van der Waals surface area contributed by atoms with E-state index in [1.165, 1.54) is 25.1 Å². The van der Waals surface area contributed by atoms with Crippen LogP contribution < -0.4 is 27.9 Å². The van der Waals surface area contributed by atoms with Gasteiger partial charge in [0.15, 0.2) is 29.8 Å². The number of alkyl halides is 1. The average molecular weight is 675 g/mol. The maximum Gasteiger partial charge on any atom is 0.472 e. The van der Waals surface area contributed by atoms with Crippen molar-refractivity contribution in [1.29, 1.82) is 0 Å². The first-order chi connectivity index (χ1) is 21.9. The summed E-state index contributed by atoms with van der Waals surface area (Å²) in [6, 6.07) is 1.06. The fraction of sp³-hybridized carbons (Fsp3) is 0.583. The van der Waals surface area contributed by atoms with Crippen LogP contribution in [-0.4, -0.2) is 105 Å². The van der Waals surface area contributed by atoms with Gasteiger partial charge in [0.25, 0.3) is 11.1 Å². The molecule has 5 rings (SSSR count). The van der Waals surface area contributed by atoms with E-state index in [-0.39, 0.29) is 30.3 Å². The Kier molecular flexibility index (Phi) is 9.84. The lowest BCUT2D eigenvalue weighted by Gasteiger charge is -2.25. The minimum absolute atomic E-state index is 0.0133. The molecule has 2 fully saturated rings. The van der Waals surface area contributed by atoms with Crippen LogP contribution in [0.3, 0.4) is 0 Å². The zero-order chi connectivity index (χ0) is 33.3. The lowest BCUT2D eigenvalue weighted by Crippen LogP contribution is -2.43. The Bertz CT molecular complexity index is 1800. The van der Waals surface area contributed by atoms with Crippen molar-refractivity contribution >= 4 is 30.8 Å². The Morgan fingerprint density at radius 1 is 1.15 bits per heavy atom. The first-order valence-corrected chi connectivity index (χ1v) is 15.2. The Morgan fingerprint density at radius 3 is 2.57 bits per heavy atom. The zero-order valence-corrected chi connectivity index (χ0v) is 25.5. The fourth-order valence-corrected chi connectivity index (χ4v) is 6.14. The van der Waals surface area contributed by atoms with Crippen LogP contribution in [0.1, 0.15) is 18.9 Å². The van der Waals surface area contributed by atoms with Crippen molar-refractivity contribution in [1.82, 2.24) is 34.4 Å². The molecule has 0 aliphatic carbocycles. The number of methoxy groups -OCH3 is 2. The van der Waals surface area contributed by atoms with Crippen LogP contribution in [0.5, 0.6) is 0 Å². The lowest BCUT2D eigenvalue weighted by molar-refractivity contribution is -0.124. The summed E-state index contributed by atoms with van der Waals surface area (Å²) in [7, 11) is -1.08. The Balaban J connectivity index is 1.33. The number of hydrogen-bond donors (Lipinski definition) is 5. The second-order valence-corrected chi connectivity index (χ2v) is 11.9. The highest BCUT2D eigenvalue weighted by Crippen LogP contribution is 2.48. The minimum atomic E-state index is -4.64. The molecule has 2 aliphatic heterocycles. The third kappa shape index (κ3) is 6.67. The number of aromatic nitrogens is 6. The number of rotatable bonds is 12. The van der Waals surface area contributed by atoms with Crippen molar-refractivity contribution in [2.75, 3.05) is 40.2 Å². The van der Waals surface area contributed by atoms with Gasteiger partial charge in [-0.1, -0.05) is 0 Å². The predicted molar refractivity (Wildman–Crippen MR) is 152 cm³/mol. The summed E-state index contributed by atoms with van der Waals surface area (Å²) < 4.78 is 62.7. The van der Waals surface area contributed by atoms with Crippen molar-refractivity contribution in [3.8, 4) is 0 Å². The number of nitrogens with one attached hydrogen (secondary N) is 3. The Labute approximate surface area is 257 Å². The van der Waals surface area contributed by atoms with E-state index in [9.17, 15) is 28.6 Å². The molecule has 1 unspecified atom stereocenters. The molecular weight excluding hydrogens is 642 g/mol. The van der Waals surface area contributed by atoms with Crippen LogP contribution in [-0.2, 0) is 37.4 Å². The van der Waals surface area contributed by atoms with Gasteiger partial charge >= 0.3 is 13.5 Å². The highest BCUT2D eigenvalue weighted by Gasteiger charge is 2.51. The van der Waals surface area contributed by atoms with Crippen LogP contribution in [0.15, 0.2) is 33.0 Å². The largest absolute Gasteiger partial charge is 0.472 e. The monoisotopic (exact) mass is 674 g/mol. The van der Waals surface area contributed by atoms with E-state index in [1.54, 1.807) is 0 Å². The van der Waals surface area contributed by atoms with Gasteiger partial charge in [-0.2, -0.15) is 4.98 Å². The van der Waals surface area contributed by atoms with E-state index in [2.05, 4.69) is 29.8 Å². The molecule has 252 valence electrons. The van der Waals surface area contributed by atoms with Gasteiger partial charge in [-0.3, -0.25) is 42.5 Å². The average Bonchev–Trinajstić information content (AvgIpc) is 3.66. The van der Waals surface area contributed by atoms with Crippen molar-refractivity contribution < 1.29 is 46.6 Å². The summed E-state index contributed by atoms with van der Waals surface area (Å²) in [6.07, 6.45) is -7.09. The molecule has 1 amide bonds. The number of anilines is 1. The van der Waals surface area contributed by atoms with Crippen molar-refractivity contribution in [3.63, 3.8) is 0 Å². The molecule has 6 N–H and O–H groups in total. The molecule has 0 radical (unpaired) electrons. The molecule has 5 heterocycles. The minimum Gasteiger partial charge on any atom is -0.382 e. The number of imidazole rings is 1. The number of halogens is 1. The smallest absolute Gasteiger partial charge is 0.382 e. The maximum atomic E-state index is 16.0. The van der Waals surface area contributed by atoms with Gasteiger partial charge in [0, 0.05) is 52.5 Å². The van der Waals surface area contributed by atoms with Gasteiger partial charge < -0.3 is 34.9 Å². The van der Waals surface area contributed by atoms with E-state index in [4.69, 9.17) is 29.2 Å². The molecule has 0 spiro atoms. The van der Waals surface area contributed by atoms with Gasteiger partial charge in [-0.05, 0) is 0 Å². The molecule has 22 heteroatoms. The molecule has 3 aromatic rings. The molecular formula is C24H32FN8O12P. The van der Waals surface area contributed by atoms with E-state index in [1.807, 2.05) is 0 Å². The van der Waals surface area contributed by atoms with E-state index >= 15 is 4.39 Å². The number of phosphoric ester groups is 1. The quantitative estimate of drug-likeness (QED) is 0.134. The number of ether oxygens (including phenoxy) is 4. The first kappa shape index (κ1) is 33.5. The summed E-state index contributed by atoms with van der Waals surface area (Å²) in [5.41, 5.74) is 3.41. The second kappa shape index (κ2) is 13.5. The van der Waals surface area contributed by atoms with Gasteiger partial charge in [-0.25, -0.2) is 18.7 Å². The van der Waals surface area contributed by atoms with Gasteiger partial charge in [0.2, 0.25) is 11.9 Å². The first-order valence-electron chi connectivity index (χ1n) is 13.7. The van der Waals surface area contributed by atoms with Gasteiger partial charge in [0.05, 0.1) is 19.0 Å². The normalized spacial score (nSPS) is 29.2. The van der Waals surface area contributed by atoms with E-state index in [0.29, 0.717) is 0 Å². The molecule has 9 atom stereocenters. The summed E-state index contributed by atoms with van der Waals surface area (Å²) in [4.78, 5) is 71.8. The van der Waals surface area contributed by atoms with Crippen molar-refractivity contribution in [2.45, 2.75) is 49.5 Å². The van der Waals surface area contributed by atoms with Crippen LogP contribution in [0.4, 0.5) is 10.3 Å². The number of phosphoric acid groups is 1. The Morgan fingerprint density at radius 2 is 1.89 bits per heavy atom. The number of amides is 1. The van der Waals surface area contributed by atoms with Crippen LogP contribution in [0.25, 0.3) is 11.2 Å². The molecule has 2 saturated heterocycles. The number of fused-ring (bicyclic) bond motifs is 1. The molecule has 2 aliphatic rings. The van der Waals surface area contributed by atoms with Gasteiger partial charge in [-0.15, -0.1) is 0 Å². The number of hydrogen-bond acceptors (Lipinski definition) is 14. The summed E-state index contributed by atoms with van der Waals surface area (Å²) in [6.45, 7) is -0.421. The number of aromatic amines is 2. The molecule has 0 saturated carbocycles. The van der Waals surface area contributed by atoms with E-state index in [0.717, 1.165) is 23.9 Å². The van der Waals surface area contributed by atoms with Gasteiger partial charge in [0.1, 0.15) is 18.3 Å². The molecule has 0 bridgehead atoms. The molecule has 46 heavy (non-hydrogen) atoms. The van der Waals surface area contributed by atoms with Crippen LogP contribution >= 0.6 is 7.82 Å². The number of carbonyl (C=O) groups is 1. The number of H-pyrrole nitrogens is 2. The second-order valence-electron chi connectivity index (χ2n) is 10.4. The lowest BCUT2D eigenvalue weighted by atomic mass is 9.95. The molecule has 0 aromatic carbocycles. The number of nitrogen functional groups attached to an aromatic ring is 1. The zero-order valence-electron chi connectivity index (χ0n) is 24.6.